The van der Waals surface area contributed by atoms with Gasteiger partial charge in [0.2, 0.25) is 0 Å². The molecule has 0 aromatic carbocycles. The minimum absolute atomic E-state index is 0.164. The van der Waals surface area contributed by atoms with Gasteiger partial charge in [-0.3, -0.25) is 5.10 Å². The van der Waals surface area contributed by atoms with Crippen LogP contribution in [0, 0.1) is 0 Å². The molecule has 1 aromatic rings. The lowest BCUT2D eigenvalue weighted by Crippen LogP contribution is -2.38. The molecule has 0 bridgehead atoms. The SMILES string of the molecule is O=C(O)COCCNC(=O)NCCCc1ncn[nH]1. The number of urea groups is 1. The molecule has 0 aliphatic rings. The maximum atomic E-state index is 11.3. The van der Waals surface area contributed by atoms with Crippen molar-refractivity contribution in [3.8, 4) is 0 Å². The second-order valence-corrected chi connectivity index (χ2v) is 3.66. The molecule has 1 rings (SSSR count). The normalized spacial score (nSPS) is 10.1. The molecular weight excluding hydrogens is 254 g/mol. The minimum atomic E-state index is -1.03. The van der Waals surface area contributed by atoms with Gasteiger partial charge in [-0.15, -0.1) is 0 Å². The fraction of sp³-hybridized carbons (Fsp3) is 0.600. The molecule has 106 valence electrons. The number of hydrogen-bond donors (Lipinski definition) is 4. The van der Waals surface area contributed by atoms with Crippen LogP contribution in [0.1, 0.15) is 12.2 Å². The fourth-order valence-electron chi connectivity index (χ4n) is 1.27. The molecular formula is C10H17N5O4. The Kier molecular flexibility index (Phi) is 6.95. The van der Waals surface area contributed by atoms with Crippen LogP contribution in [0.25, 0.3) is 0 Å². The lowest BCUT2D eigenvalue weighted by molar-refractivity contribution is -0.142. The lowest BCUT2D eigenvalue weighted by Gasteiger charge is -2.07. The summed E-state index contributed by atoms with van der Waals surface area (Å²) < 4.78 is 4.76. The zero-order valence-corrected chi connectivity index (χ0v) is 10.4. The smallest absolute Gasteiger partial charge is 0.329 e. The van der Waals surface area contributed by atoms with Crippen molar-refractivity contribution in [1.29, 1.82) is 0 Å². The molecule has 4 N–H and O–H groups in total. The van der Waals surface area contributed by atoms with Crippen LogP contribution in [0.4, 0.5) is 4.79 Å². The Morgan fingerprint density at radius 1 is 1.37 bits per heavy atom. The monoisotopic (exact) mass is 271 g/mol. The van der Waals surface area contributed by atoms with Crippen LogP contribution in [-0.2, 0) is 16.0 Å². The Bertz CT molecular complexity index is 381. The summed E-state index contributed by atoms with van der Waals surface area (Å²) in [5.41, 5.74) is 0. The van der Waals surface area contributed by atoms with Gasteiger partial charge in [0.1, 0.15) is 18.8 Å². The number of carboxylic acid groups (broad SMARTS) is 1. The molecule has 0 fully saturated rings. The topological polar surface area (TPSA) is 129 Å². The third kappa shape index (κ3) is 7.71. The van der Waals surface area contributed by atoms with Crippen LogP contribution in [-0.4, -0.2) is 58.6 Å². The third-order valence-corrected chi connectivity index (χ3v) is 2.10. The summed E-state index contributed by atoms with van der Waals surface area (Å²) >= 11 is 0. The van der Waals surface area contributed by atoms with Crippen LogP contribution < -0.4 is 10.6 Å². The van der Waals surface area contributed by atoms with E-state index in [0.29, 0.717) is 13.0 Å². The van der Waals surface area contributed by atoms with Gasteiger partial charge in [-0.2, -0.15) is 5.10 Å². The summed E-state index contributed by atoms with van der Waals surface area (Å²) in [6.45, 7) is 0.585. The van der Waals surface area contributed by atoms with Gasteiger partial charge >= 0.3 is 12.0 Å². The second kappa shape index (κ2) is 8.86. The van der Waals surface area contributed by atoms with Crippen molar-refractivity contribution in [1.82, 2.24) is 25.8 Å². The van der Waals surface area contributed by atoms with Crippen molar-refractivity contribution < 1.29 is 19.4 Å². The van der Waals surface area contributed by atoms with Gasteiger partial charge in [0, 0.05) is 19.5 Å². The minimum Gasteiger partial charge on any atom is -0.480 e. The highest BCUT2D eigenvalue weighted by atomic mass is 16.5. The van der Waals surface area contributed by atoms with Gasteiger partial charge in [-0.1, -0.05) is 0 Å². The zero-order chi connectivity index (χ0) is 13.9. The summed E-state index contributed by atoms with van der Waals surface area (Å²) in [6.07, 6.45) is 2.90. The molecule has 1 aromatic heterocycles. The molecule has 0 spiro atoms. The van der Waals surface area contributed by atoms with Gasteiger partial charge in [-0.25, -0.2) is 14.6 Å². The Morgan fingerprint density at radius 3 is 2.84 bits per heavy atom. The Morgan fingerprint density at radius 2 is 2.16 bits per heavy atom. The highest BCUT2D eigenvalue weighted by molar-refractivity contribution is 5.73. The molecule has 1 heterocycles. The van der Waals surface area contributed by atoms with Gasteiger partial charge in [0.25, 0.3) is 0 Å². The Hall–Kier alpha value is -2.16. The van der Waals surface area contributed by atoms with E-state index >= 15 is 0 Å². The summed E-state index contributed by atoms with van der Waals surface area (Å²) in [7, 11) is 0. The molecule has 0 atom stereocenters. The van der Waals surface area contributed by atoms with Crippen molar-refractivity contribution in [2.75, 3.05) is 26.3 Å². The molecule has 9 nitrogen and oxygen atoms in total. The average molecular weight is 271 g/mol. The number of carboxylic acids is 1. The Balaban J connectivity index is 1.92. The summed E-state index contributed by atoms with van der Waals surface area (Å²) in [4.78, 5) is 25.4. The van der Waals surface area contributed by atoms with Crippen LogP contribution >= 0.6 is 0 Å². The maximum Gasteiger partial charge on any atom is 0.329 e. The molecule has 0 aliphatic carbocycles. The number of aromatic amines is 1. The predicted molar refractivity (Wildman–Crippen MR) is 64.6 cm³/mol. The summed E-state index contributed by atoms with van der Waals surface area (Å²) in [5.74, 6) is -0.249. The number of nitrogens with one attached hydrogen (secondary N) is 3. The first-order valence-electron chi connectivity index (χ1n) is 5.84. The fourth-order valence-corrected chi connectivity index (χ4v) is 1.27. The summed E-state index contributed by atoms with van der Waals surface area (Å²) in [6, 6.07) is -0.309. The predicted octanol–water partition coefficient (Wildman–Crippen LogP) is -0.862. The molecule has 19 heavy (non-hydrogen) atoms. The quantitative estimate of drug-likeness (QED) is 0.432. The van der Waals surface area contributed by atoms with E-state index in [2.05, 4.69) is 25.8 Å². The number of amides is 2. The standard InChI is InChI=1S/C10H17N5O4/c16-9(17)6-19-5-4-12-10(18)11-3-1-2-8-13-7-14-15-8/h7H,1-6H2,(H,16,17)(H2,11,12,18)(H,13,14,15). The molecule has 0 saturated carbocycles. The van der Waals surface area contributed by atoms with Crippen molar-refractivity contribution in [2.45, 2.75) is 12.8 Å². The van der Waals surface area contributed by atoms with Gasteiger partial charge < -0.3 is 20.5 Å². The van der Waals surface area contributed by atoms with Crippen molar-refractivity contribution in [2.24, 2.45) is 0 Å². The van der Waals surface area contributed by atoms with E-state index in [1.165, 1.54) is 6.33 Å². The third-order valence-electron chi connectivity index (χ3n) is 2.10. The van der Waals surface area contributed by atoms with Gasteiger partial charge in [0.15, 0.2) is 0 Å². The number of carbonyl (C=O) groups excluding carboxylic acids is 1. The molecule has 0 unspecified atom stereocenters. The van der Waals surface area contributed by atoms with E-state index in [9.17, 15) is 9.59 Å². The second-order valence-electron chi connectivity index (χ2n) is 3.66. The molecule has 9 heteroatoms. The number of aromatic nitrogens is 3. The number of H-pyrrole nitrogens is 1. The largest absolute Gasteiger partial charge is 0.480 e. The maximum absolute atomic E-state index is 11.3. The first kappa shape index (κ1) is 14.9. The number of carbonyl (C=O) groups is 2. The Labute approximate surface area is 109 Å². The number of ether oxygens (including phenoxy) is 1. The van der Waals surface area contributed by atoms with Crippen molar-refractivity contribution in [3.05, 3.63) is 12.2 Å². The average Bonchev–Trinajstić information content (AvgIpc) is 2.87. The number of hydrogen-bond acceptors (Lipinski definition) is 5. The van der Waals surface area contributed by atoms with Crippen LogP contribution in [0.15, 0.2) is 6.33 Å². The van der Waals surface area contributed by atoms with E-state index < -0.39 is 5.97 Å². The van der Waals surface area contributed by atoms with Crippen LogP contribution in [0.3, 0.4) is 0 Å². The van der Waals surface area contributed by atoms with Crippen LogP contribution in [0.5, 0.6) is 0 Å². The molecule has 0 saturated heterocycles. The number of aliphatic carboxylic acids is 1. The molecule has 0 aliphatic heterocycles. The van der Waals surface area contributed by atoms with E-state index in [1.807, 2.05) is 0 Å². The number of aryl methyl sites for hydroxylation is 1. The van der Waals surface area contributed by atoms with Crippen molar-refractivity contribution in [3.63, 3.8) is 0 Å². The van der Waals surface area contributed by atoms with E-state index in [1.54, 1.807) is 0 Å². The highest BCUT2D eigenvalue weighted by Gasteiger charge is 2.01. The molecule has 0 radical (unpaired) electrons. The highest BCUT2D eigenvalue weighted by Crippen LogP contribution is 1.91. The number of nitrogens with zero attached hydrogens (tertiary/aromatic N) is 2. The first-order chi connectivity index (χ1) is 9.18. The van der Waals surface area contributed by atoms with Crippen LogP contribution in [0.2, 0.25) is 0 Å². The molecule has 2 amide bonds. The lowest BCUT2D eigenvalue weighted by atomic mass is 10.3. The van der Waals surface area contributed by atoms with E-state index in [4.69, 9.17) is 9.84 Å². The van der Waals surface area contributed by atoms with Gasteiger partial charge in [0.05, 0.1) is 6.61 Å². The van der Waals surface area contributed by atoms with Gasteiger partial charge in [-0.05, 0) is 6.42 Å². The first-order valence-corrected chi connectivity index (χ1v) is 5.84. The zero-order valence-electron chi connectivity index (χ0n) is 10.4. The summed E-state index contributed by atoms with van der Waals surface area (Å²) in [5, 5.41) is 20.0. The van der Waals surface area contributed by atoms with E-state index in [0.717, 1.165) is 12.2 Å². The van der Waals surface area contributed by atoms with E-state index in [-0.39, 0.29) is 25.8 Å². The van der Waals surface area contributed by atoms with Crippen molar-refractivity contribution >= 4 is 12.0 Å². The number of rotatable bonds is 9.